The maximum absolute atomic E-state index is 12.5. The highest BCUT2D eigenvalue weighted by molar-refractivity contribution is 6.00. The summed E-state index contributed by atoms with van der Waals surface area (Å²) in [4.78, 5) is 12.3. The van der Waals surface area contributed by atoms with Crippen LogP contribution >= 0.6 is 0 Å². The summed E-state index contributed by atoms with van der Waals surface area (Å²) in [5.41, 5.74) is -0.625. The summed E-state index contributed by atoms with van der Waals surface area (Å²) in [6.07, 6.45) is -6.05. The molecule has 2 aromatic rings. The van der Waals surface area contributed by atoms with Gasteiger partial charge in [0.1, 0.15) is 6.10 Å². The molecule has 0 bridgehead atoms. The Hall–Kier alpha value is -2.54. The second kappa shape index (κ2) is 6.92. The SMILES string of the molecule is COc1ccc(C(=O)C(O)c2ccc(C(F)(F)F)cc2)cc1OC. The molecule has 0 saturated heterocycles. The largest absolute Gasteiger partial charge is 0.493 e. The number of hydrogen-bond acceptors (Lipinski definition) is 4. The number of aliphatic hydroxyl groups is 1. The van der Waals surface area contributed by atoms with Crippen LogP contribution in [0.1, 0.15) is 27.6 Å². The second-order valence-electron chi connectivity index (χ2n) is 4.96. The van der Waals surface area contributed by atoms with Gasteiger partial charge in [-0.05, 0) is 35.9 Å². The zero-order valence-electron chi connectivity index (χ0n) is 12.9. The van der Waals surface area contributed by atoms with Gasteiger partial charge in [0.25, 0.3) is 0 Å². The highest BCUT2D eigenvalue weighted by Gasteiger charge is 2.30. The van der Waals surface area contributed by atoms with Crippen LogP contribution in [0.4, 0.5) is 13.2 Å². The Labute approximate surface area is 136 Å². The van der Waals surface area contributed by atoms with Crippen LogP contribution in [0.3, 0.4) is 0 Å². The maximum Gasteiger partial charge on any atom is 0.416 e. The number of halogens is 3. The molecule has 7 heteroatoms. The molecule has 128 valence electrons. The molecule has 1 atom stereocenters. The Morgan fingerprint density at radius 3 is 2.08 bits per heavy atom. The van der Waals surface area contributed by atoms with Gasteiger partial charge >= 0.3 is 6.18 Å². The number of ether oxygens (including phenoxy) is 2. The van der Waals surface area contributed by atoms with Crippen molar-refractivity contribution in [1.82, 2.24) is 0 Å². The zero-order valence-corrected chi connectivity index (χ0v) is 12.9. The van der Waals surface area contributed by atoms with E-state index in [-0.39, 0.29) is 11.1 Å². The molecule has 0 fully saturated rings. The Balaban J connectivity index is 2.26. The summed E-state index contributed by atoms with van der Waals surface area (Å²) in [5.74, 6) is 0.0664. The predicted octanol–water partition coefficient (Wildman–Crippen LogP) is 3.64. The van der Waals surface area contributed by atoms with Crippen molar-refractivity contribution in [3.8, 4) is 11.5 Å². The van der Waals surface area contributed by atoms with Crippen molar-refractivity contribution in [3.63, 3.8) is 0 Å². The quantitative estimate of drug-likeness (QED) is 0.845. The summed E-state index contributed by atoms with van der Waals surface area (Å²) in [7, 11) is 2.84. The minimum Gasteiger partial charge on any atom is -0.493 e. The first-order chi connectivity index (χ1) is 11.3. The lowest BCUT2D eigenvalue weighted by molar-refractivity contribution is -0.137. The minimum absolute atomic E-state index is 0.0720. The lowest BCUT2D eigenvalue weighted by Crippen LogP contribution is -2.13. The third-order valence-corrected chi connectivity index (χ3v) is 3.47. The molecule has 1 unspecified atom stereocenters. The number of hydrogen-bond donors (Lipinski definition) is 1. The molecule has 0 spiro atoms. The van der Waals surface area contributed by atoms with Crippen molar-refractivity contribution in [2.24, 2.45) is 0 Å². The number of carbonyl (C=O) groups is 1. The average Bonchev–Trinajstić information content (AvgIpc) is 2.59. The van der Waals surface area contributed by atoms with Crippen molar-refractivity contribution < 1.29 is 32.5 Å². The summed E-state index contributed by atoms with van der Waals surface area (Å²) in [6, 6.07) is 8.14. The van der Waals surface area contributed by atoms with E-state index >= 15 is 0 Å². The van der Waals surface area contributed by atoms with E-state index in [1.54, 1.807) is 0 Å². The van der Waals surface area contributed by atoms with Gasteiger partial charge in [-0.25, -0.2) is 0 Å². The summed E-state index contributed by atoms with van der Waals surface area (Å²) >= 11 is 0. The predicted molar refractivity (Wildman–Crippen MR) is 80.3 cm³/mol. The summed E-state index contributed by atoms with van der Waals surface area (Å²) in [6.45, 7) is 0. The number of carbonyl (C=O) groups excluding carboxylic acids is 1. The van der Waals surface area contributed by atoms with E-state index in [0.717, 1.165) is 24.3 Å². The van der Waals surface area contributed by atoms with Gasteiger partial charge in [-0.3, -0.25) is 4.79 Å². The minimum atomic E-state index is -4.48. The highest BCUT2D eigenvalue weighted by Crippen LogP contribution is 2.32. The Bertz CT molecular complexity index is 724. The molecule has 0 amide bonds. The number of benzene rings is 2. The fourth-order valence-electron chi connectivity index (χ4n) is 2.15. The first kappa shape index (κ1) is 17.8. The number of methoxy groups -OCH3 is 2. The van der Waals surface area contributed by atoms with Crippen LogP contribution in [0.15, 0.2) is 42.5 Å². The maximum atomic E-state index is 12.5. The molecule has 0 heterocycles. The summed E-state index contributed by atoms with van der Waals surface area (Å²) in [5, 5.41) is 10.1. The van der Waals surface area contributed by atoms with Crippen LogP contribution < -0.4 is 9.47 Å². The normalized spacial score (nSPS) is 12.6. The molecular formula is C17H15F3O4. The lowest BCUT2D eigenvalue weighted by Gasteiger charge is -2.13. The number of aliphatic hydroxyl groups excluding tert-OH is 1. The molecule has 2 aromatic carbocycles. The van der Waals surface area contributed by atoms with Gasteiger partial charge in [0.2, 0.25) is 0 Å². The van der Waals surface area contributed by atoms with Gasteiger partial charge in [-0.2, -0.15) is 13.2 Å². The molecule has 0 aliphatic rings. The van der Waals surface area contributed by atoms with E-state index in [0.29, 0.717) is 11.5 Å². The first-order valence-corrected chi connectivity index (χ1v) is 6.89. The Morgan fingerprint density at radius 2 is 1.58 bits per heavy atom. The van der Waals surface area contributed by atoms with E-state index < -0.39 is 23.6 Å². The first-order valence-electron chi connectivity index (χ1n) is 6.89. The van der Waals surface area contributed by atoms with Crippen molar-refractivity contribution in [2.75, 3.05) is 14.2 Å². The van der Waals surface area contributed by atoms with E-state index in [1.807, 2.05) is 0 Å². The van der Waals surface area contributed by atoms with Crippen molar-refractivity contribution >= 4 is 5.78 Å². The standard InChI is InChI=1S/C17H15F3O4/c1-23-13-8-5-11(9-14(13)24-2)16(22)15(21)10-3-6-12(7-4-10)17(18,19)20/h3-9,15,21H,1-2H3. The van der Waals surface area contributed by atoms with Gasteiger partial charge in [0.15, 0.2) is 17.3 Å². The number of Topliss-reactive ketones (excluding diaryl/α,β-unsaturated/α-hetero) is 1. The van der Waals surface area contributed by atoms with Crippen LogP contribution in [-0.4, -0.2) is 25.1 Å². The molecule has 0 radical (unpaired) electrons. The van der Waals surface area contributed by atoms with E-state index in [1.165, 1.54) is 32.4 Å². The molecule has 1 N–H and O–H groups in total. The van der Waals surface area contributed by atoms with E-state index in [9.17, 15) is 23.1 Å². The van der Waals surface area contributed by atoms with Crippen LogP contribution in [0.2, 0.25) is 0 Å². The van der Waals surface area contributed by atoms with Gasteiger partial charge in [-0.15, -0.1) is 0 Å². The van der Waals surface area contributed by atoms with Gasteiger partial charge < -0.3 is 14.6 Å². The van der Waals surface area contributed by atoms with Crippen LogP contribution in [0, 0.1) is 0 Å². The fraction of sp³-hybridized carbons (Fsp3) is 0.235. The molecular weight excluding hydrogens is 325 g/mol. The Morgan fingerprint density at radius 1 is 1.00 bits per heavy atom. The van der Waals surface area contributed by atoms with E-state index in [2.05, 4.69) is 0 Å². The van der Waals surface area contributed by atoms with Crippen molar-refractivity contribution in [3.05, 3.63) is 59.2 Å². The number of ketones is 1. The van der Waals surface area contributed by atoms with Crippen LogP contribution in [0.5, 0.6) is 11.5 Å². The van der Waals surface area contributed by atoms with E-state index in [4.69, 9.17) is 9.47 Å². The molecule has 0 saturated carbocycles. The average molecular weight is 340 g/mol. The topological polar surface area (TPSA) is 55.8 Å². The van der Waals surface area contributed by atoms with Gasteiger partial charge in [0, 0.05) is 5.56 Å². The third-order valence-electron chi connectivity index (χ3n) is 3.47. The molecule has 4 nitrogen and oxygen atoms in total. The third kappa shape index (κ3) is 3.68. The number of rotatable bonds is 5. The van der Waals surface area contributed by atoms with Crippen molar-refractivity contribution in [1.29, 1.82) is 0 Å². The monoisotopic (exact) mass is 340 g/mol. The highest BCUT2D eigenvalue weighted by atomic mass is 19.4. The molecule has 2 rings (SSSR count). The molecule has 0 aromatic heterocycles. The van der Waals surface area contributed by atoms with Crippen molar-refractivity contribution in [2.45, 2.75) is 12.3 Å². The molecule has 0 aliphatic heterocycles. The number of alkyl halides is 3. The Kier molecular flexibility index (Phi) is 5.14. The summed E-state index contributed by atoms with van der Waals surface area (Å²) < 4.78 is 47.8. The lowest BCUT2D eigenvalue weighted by atomic mass is 9.98. The van der Waals surface area contributed by atoms with Crippen LogP contribution in [0.25, 0.3) is 0 Å². The fourth-order valence-corrected chi connectivity index (χ4v) is 2.15. The molecule has 24 heavy (non-hydrogen) atoms. The smallest absolute Gasteiger partial charge is 0.416 e. The van der Waals surface area contributed by atoms with Crippen LogP contribution in [-0.2, 0) is 6.18 Å². The van der Waals surface area contributed by atoms with Gasteiger partial charge in [-0.1, -0.05) is 12.1 Å². The zero-order chi connectivity index (χ0) is 17.9. The molecule has 0 aliphatic carbocycles. The second-order valence-corrected chi connectivity index (χ2v) is 4.96. The van der Waals surface area contributed by atoms with Gasteiger partial charge in [0.05, 0.1) is 19.8 Å².